The lowest BCUT2D eigenvalue weighted by molar-refractivity contribution is -0.164. The molecule has 2 aliphatic rings. The van der Waals surface area contributed by atoms with Crippen molar-refractivity contribution in [2.45, 2.75) is 19.1 Å². The first-order valence-corrected chi connectivity index (χ1v) is 8.40. The second-order valence-corrected chi connectivity index (χ2v) is 6.50. The SMILES string of the molecule is CN1OC(C)(CC(=O)Nc2cccc(F)c2)N=C1c1ccc2c(c1)OCO2. The van der Waals surface area contributed by atoms with Crippen LogP contribution < -0.4 is 14.8 Å². The van der Waals surface area contributed by atoms with Gasteiger partial charge >= 0.3 is 0 Å². The number of hydroxylamine groups is 2. The number of carbonyl (C=O) groups is 1. The van der Waals surface area contributed by atoms with E-state index in [2.05, 4.69) is 10.3 Å². The monoisotopic (exact) mass is 371 g/mol. The Morgan fingerprint density at radius 1 is 1.26 bits per heavy atom. The topological polar surface area (TPSA) is 72.4 Å². The molecule has 1 N–H and O–H groups in total. The number of rotatable bonds is 4. The number of fused-ring (bicyclic) bond motifs is 1. The van der Waals surface area contributed by atoms with Gasteiger partial charge in [-0.15, -0.1) is 0 Å². The molecule has 1 unspecified atom stereocenters. The Balaban J connectivity index is 1.50. The second-order valence-electron chi connectivity index (χ2n) is 6.50. The Morgan fingerprint density at radius 2 is 2.07 bits per heavy atom. The highest BCUT2D eigenvalue weighted by Gasteiger charge is 2.38. The number of nitrogens with one attached hydrogen (secondary N) is 1. The number of hydrogen-bond donors (Lipinski definition) is 1. The third kappa shape index (κ3) is 3.56. The van der Waals surface area contributed by atoms with Gasteiger partial charge in [0.1, 0.15) is 5.82 Å². The Morgan fingerprint density at radius 3 is 2.89 bits per heavy atom. The lowest BCUT2D eigenvalue weighted by atomic mass is 10.1. The van der Waals surface area contributed by atoms with Crippen LogP contribution in [0, 0.1) is 5.82 Å². The number of amides is 1. The largest absolute Gasteiger partial charge is 0.454 e. The first-order chi connectivity index (χ1) is 12.9. The van der Waals surface area contributed by atoms with Gasteiger partial charge in [-0.1, -0.05) is 6.07 Å². The van der Waals surface area contributed by atoms with Crippen LogP contribution in [0.3, 0.4) is 0 Å². The smallest absolute Gasteiger partial charge is 0.231 e. The maximum atomic E-state index is 13.3. The second kappa shape index (κ2) is 6.55. The van der Waals surface area contributed by atoms with Crippen molar-refractivity contribution in [2.75, 3.05) is 19.2 Å². The molecule has 0 aromatic heterocycles. The van der Waals surface area contributed by atoms with E-state index in [-0.39, 0.29) is 19.1 Å². The number of carbonyl (C=O) groups excluding carboxylic acids is 1. The van der Waals surface area contributed by atoms with Crippen molar-refractivity contribution in [1.29, 1.82) is 0 Å². The molecule has 2 aromatic carbocycles. The predicted molar refractivity (Wildman–Crippen MR) is 96.0 cm³/mol. The van der Waals surface area contributed by atoms with Gasteiger partial charge in [0.2, 0.25) is 12.7 Å². The first kappa shape index (κ1) is 17.3. The summed E-state index contributed by atoms with van der Waals surface area (Å²) in [5, 5.41) is 4.18. The lowest BCUT2D eigenvalue weighted by Gasteiger charge is -2.21. The molecule has 140 valence electrons. The van der Waals surface area contributed by atoms with E-state index < -0.39 is 11.5 Å². The lowest BCUT2D eigenvalue weighted by Crippen LogP contribution is -2.32. The fourth-order valence-electron chi connectivity index (χ4n) is 3.08. The number of aliphatic imine (C=N–C) groups is 1. The molecular weight excluding hydrogens is 353 g/mol. The molecule has 0 radical (unpaired) electrons. The zero-order valence-electron chi connectivity index (χ0n) is 14.9. The maximum Gasteiger partial charge on any atom is 0.231 e. The van der Waals surface area contributed by atoms with Gasteiger partial charge in [-0.2, -0.15) is 0 Å². The zero-order chi connectivity index (χ0) is 19.0. The molecule has 8 heteroatoms. The summed E-state index contributed by atoms with van der Waals surface area (Å²) in [6.07, 6.45) is -0.0259. The van der Waals surface area contributed by atoms with E-state index in [1.54, 1.807) is 26.1 Å². The highest BCUT2D eigenvalue weighted by atomic mass is 19.1. The number of anilines is 1. The summed E-state index contributed by atoms with van der Waals surface area (Å²) in [5.74, 6) is 1.15. The van der Waals surface area contributed by atoms with E-state index in [1.165, 1.54) is 23.3 Å². The van der Waals surface area contributed by atoms with Crippen LogP contribution in [0.15, 0.2) is 47.5 Å². The van der Waals surface area contributed by atoms with Crippen LogP contribution in [0.2, 0.25) is 0 Å². The molecule has 27 heavy (non-hydrogen) atoms. The van der Waals surface area contributed by atoms with E-state index in [9.17, 15) is 9.18 Å². The molecule has 0 bridgehead atoms. The average Bonchev–Trinajstić information content (AvgIpc) is 3.17. The summed E-state index contributed by atoms with van der Waals surface area (Å²) < 4.78 is 24.0. The quantitative estimate of drug-likeness (QED) is 0.895. The molecule has 2 heterocycles. The standard InChI is InChI=1S/C19H18FN3O4/c1-19(10-17(24)21-14-5-3-4-13(20)9-14)22-18(23(2)27-19)12-6-7-15-16(8-12)26-11-25-15/h3-9H,10-11H2,1-2H3,(H,21,24). The first-order valence-electron chi connectivity index (χ1n) is 8.40. The average molecular weight is 371 g/mol. The van der Waals surface area contributed by atoms with Gasteiger partial charge in [-0.3, -0.25) is 4.79 Å². The molecule has 0 saturated heterocycles. The summed E-state index contributed by atoms with van der Waals surface area (Å²) in [5.41, 5.74) is 0.101. The number of amidine groups is 1. The summed E-state index contributed by atoms with van der Waals surface area (Å²) in [7, 11) is 1.72. The number of benzene rings is 2. The van der Waals surface area contributed by atoms with Crippen molar-refractivity contribution < 1.29 is 23.5 Å². The minimum Gasteiger partial charge on any atom is -0.454 e. The molecule has 1 amide bonds. The van der Waals surface area contributed by atoms with E-state index >= 15 is 0 Å². The van der Waals surface area contributed by atoms with Crippen molar-refractivity contribution in [3.05, 3.63) is 53.8 Å². The molecule has 0 spiro atoms. The molecule has 2 aromatic rings. The fraction of sp³-hybridized carbons (Fsp3) is 0.263. The van der Waals surface area contributed by atoms with Crippen LogP contribution in [0.4, 0.5) is 10.1 Å². The molecule has 7 nitrogen and oxygen atoms in total. The van der Waals surface area contributed by atoms with Gasteiger partial charge in [0.15, 0.2) is 23.1 Å². The highest BCUT2D eigenvalue weighted by Crippen LogP contribution is 2.35. The summed E-state index contributed by atoms with van der Waals surface area (Å²) >= 11 is 0. The van der Waals surface area contributed by atoms with Gasteiger partial charge in [0.05, 0.1) is 6.42 Å². The predicted octanol–water partition coefficient (Wildman–Crippen LogP) is 2.92. The third-order valence-corrected chi connectivity index (χ3v) is 4.20. The van der Waals surface area contributed by atoms with Crippen LogP contribution in [0.1, 0.15) is 18.9 Å². The number of hydrogen-bond acceptors (Lipinski definition) is 6. The molecular formula is C19H18FN3O4. The molecule has 1 atom stereocenters. The Bertz CT molecular complexity index is 933. The van der Waals surface area contributed by atoms with E-state index in [0.717, 1.165) is 5.56 Å². The van der Waals surface area contributed by atoms with E-state index in [4.69, 9.17) is 14.3 Å². The van der Waals surface area contributed by atoms with Gasteiger partial charge < -0.3 is 14.8 Å². The molecule has 0 aliphatic carbocycles. The zero-order valence-corrected chi connectivity index (χ0v) is 14.9. The van der Waals surface area contributed by atoms with Gasteiger partial charge in [0, 0.05) is 18.3 Å². The van der Waals surface area contributed by atoms with Crippen LogP contribution in [0.25, 0.3) is 0 Å². The Labute approximate surface area is 155 Å². The normalized spacial score (nSPS) is 20.6. The fourth-order valence-corrected chi connectivity index (χ4v) is 3.08. The molecule has 4 rings (SSSR count). The van der Waals surface area contributed by atoms with Gasteiger partial charge in [0.25, 0.3) is 0 Å². The van der Waals surface area contributed by atoms with Crippen molar-refractivity contribution in [3.63, 3.8) is 0 Å². The van der Waals surface area contributed by atoms with Crippen molar-refractivity contribution >= 4 is 17.4 Å². The number of halogens is 1. The van der Waals surface area contributed by atoms with Crippen molar-refractivity contribution in [3.8, 4) is 11.5 Å². The number of ether oxygens (including phenoxy) is 2. The molecule has 0 fully saturated rings. The maximum absolute atomic E-state index is 13.3. The molecule has 2 aliphatic heterocycles. The summed E-state index contributed by atoms with van der Waals surface area (Å²) in [4.78, 5) is 22.7. The Kier molecular flexibility index (Phi) is 4.19. The van der Waals surface area contributed by atoms with Gasteiger partial charge in [-0.25, -0.2) is 19.3 Å². The number of nitrogens with zero attached hydrogens (tertiary/aromatic N) is 2. The van der Waals surface area contributed by atoms with Crippen LogP contribution in [0.5, 0.6) is 11.5 Å². The summed E-state index contributed by atoms with van der Waals surface area (Å²) in [6, 6.07) is 11.2. The van der Waals surface area contributed by atoms with Gasteiger partial charge in [-0.05, 0) is 43.3 Å². The highest BCUT2D eigenvalue weighted by molar-refractivity contribution is 6.00. The van der Waals surface area contributed by atoms with Crippen LogP contribution in [-0.4, -0.2) is 36.4 Å². The van der Waals surface area contributed by atoms with E-state index in [1.807, 2.05) is 12.1 Å². The summed E-state index contributed by atoms with van der Waals surface area (Å²) in [6.45, 7) is 1.91. The minimum absolute atomic E-state index is 0.0259. The Hall–Kier alpha value is -3.13. The van der Waals surface area contributed by atoms with Crippen molar-refractivity contribution in [1.82, 2.24) is 5.06 Å². The van der Waals surface area contributed by atoms with Crippen LogP contribution >= 0.6 is 0 Å². The van der Waals surface area contributed by atoms with Crippen LogP contribution in [-0.2, 0) is 9.63 Å². The third-order valence-electron chi connectivity index (χ3n) is 4.20. The van der Waals surface area contributed by atoms with Crippen molar-refractivity contribution in [2.24, 2.45) is 4.99 Å². The molecule has 0 saturated carbocycles. The minimum atomic E-state index is -1.07. The van der Waals surface area contributed by atoms with E-state index in [0.29, 0.717) is 23.0 Å².